The number of nitro benzene ring substituents is 1. The number of amides is 1. The fourth-order valence-corrected chi connectivity index (χ4v) is 3.89. The van der Waals surface area contributed by atoms with Gasteiger partial charge >= 0.3 is 0 Å². The van der Waals surface area contributed by atoms with Crippen molar-refractivity contribution in [1.29, 1.82) is 0 Å². The normalized spacial score (nSPS) is 19.1. The van der Waals surface area contributed by atoms with Crippen LogP contribution in [0.3, 0.4) is 0 Å². The van der Waals surface area contributed by atoms with Crippen LogP contribution < -0.4 is 9.80 Å². The molecule has 2 heterocycles. The predicted molar refractivity (Wildman–Crippen MR) is 103 cm³/mol. The number of hydrogen-bond donors (Lipinski definition) is 0. The lowest BCUT2D eigenvalue weighted by atomic mass is 10.1. The van der Waals surface area contributed by atoms with Gasteiger partial charge in [-0.15, -0.1) is 0 Å². The molecule has 0 saturated carbocycles. The van der Waals surface area contributed by atoms with Crippen LogP contribution in [0.25, 0.3) is 0 Å². The van der Waals surface area contributed by atoms with Gasteiger partial charge < -0.3 is 14.5 Å². The van der Waals surface area contributed by atoms with Crippen LogP contribution in [0.4, 0.5) is 17.1 Å². The minimum absolute atomic E-state index is 0.00621. The molecule has 27 heavy (non-hydrogen) atoms. The average molecular weight is 367 g/mol. The molecule has 1 saturated heterocycles. The van der Waals surface area contributed by atoms with E-state index in [1.165, 1.54) is 12.1 Å². The van der Waals surface area contributed by atoms with Crippen LogP contribution in [-0.4, -0.2) is 43.2 Å². The lowest BCUT2D eigenvalue weighted by molar-refractivity contribution is -0.384. The number of nitrogens with zero attached hydrogens (tertiary/aromatic N) is 3. The van der Waals surface area contributed by atoms with Gasteiger partial charge in [-0.3, -0.25) is 14.9 Å². The topological polar surface area (TPSA) is 75.9 Å². The van der Waals surface area contributed by atoms with Crippen LogP contribution >= 0.6 is 0 Å². The van der Waals surface area contributed by atoms with Gasteiger partial charge in [-0.05, 0) is 31.0 Å². The molecule has 0 spiro atoms. The van der Waals surface area contributed by atoms with E-state index in [0.717, 1.165) is 23.4 Å². The number of carbonyl (C=O) groups is 1. The predicted octanol–water partition coefficient (Wildman–Crippen LogP) is 3.02. The molecule has 1 amide bonds. The number of benzene rings is 2. The van der Waals surface area contributed by atoms with Crippen LogP contribution in [-0.2, 0) is 11.2 Å². The van der Waals surface area contributed by atoms with Crippen LogP contribution in [0, 0.1) is 10.1 Å². The Morgan fingerprint density at radius 1 is 1.15 bits per heavy atom. The molecule has 1 atom stereocenters. The van der Waals surface area contributed by atoms with Crippen LogP contribution in [0.2, 0.25) is 0 Å². The number of ether oxygens (including phenoxy) is 1. The molecule has 0 aromatic heterocycles. The Hall–Kier alpha value is -2.93. The molecule has 0 radical (unpaired) electrons. The Morgan fingerprint density at radius 3 is 2.63 bits per heavy atom. The van der Waals surface area contributed by atoms with E-state index in [9.17, 15) is 14.9 Å². The number of non-ortho nitro benzene ring substituents is 1. The van der Waals surface area contributed by atoms with Gasteiger partial charge in [0.1, 0.15) is 0 Å². The molecule has 7 heteroatoms. The Morgan fingerprint density at radius 2 is 1.89 bits per heavy atom. The van der Waals surface area contributed by atoms with Crippen molar-refractivity contribution in [3.63, 3.8) is 0 Å². The first-order valence-electron chi connectivity index (χ1n) is 9.09. The summed E-state index contributed by atoms with van der Waals surface area (Å²) in [4.78, 5) is 28.2. The molecule has 1 fully saturated rings. The van der Waals surface area contributed by atoms with Crippen molar-refractivity contribution in [3.8, 4) is 0 Å². The molecular weight excluding hydrogens is 346 g/mol. The van der Waals surface area contributed by atoms with Crippen LogP contribution in [0.1, 0.15) is 22.8 Å². The van der Waals surface area contributed by atoms with E-state index >= 15 is 0 Å². The highest BCUT2D eigenvalue weighted by Gasteiger charge is 2.34. The number of para-hydroxylation sites is 1. The number of anilines is 2. The van der Waals surface area contributed by atoms with Crippen LogP contribution in [0.5, 0.6) is 0 Å². The van der Waals surface area contributed by atoms with Gasteiger partial charge in [-0.25, -0.2) is 0 Å². The lowest BCUT2D eigenvalue weighted by Crippen LogP contribution is -2.40. The Kier molecular flexibility index (Phi) is 4.53. The van der Waals surface area contributed by atoms with E-state index in [4.69, 9.17) is 4.74 Å². The Labute approximate surface area is 157 Å². The molecule has 2 aliphatic heterocycles. The molecule has 2 aromatic carbocycles. The van der Waals surface area contributed by atoms with E-state index in [0.29, 0.717) is 31.9 Å². The third-order valence-corrected chi connectivity index (χ3v) is 5.20. The molecule has 7 nitrogen and oxygen atoms in total. The minimum atomic E-state index is -0.457. The summed E-state index contributed by atoms with van der Waals surface area (Å²) in [6.07, 6.45) is 0.781. The van der Waals surface area contributed by atoms with Crippen molar-refractivity contribution in [2.24, 2.45) is 0 Å². The van der Waals surface area contributed by atoms with Crippen molar-refractivity contribution in [1.82, 2.24) is 0 Å². The number of hydrogen-bond acceptors (Lipinski definition) is 5. The van der Waals surface area contributed by atoms with E-state index in [-0.39, 0.29) is 17.6 Å². The minimum Gasteiger partial charge on any atom is -0.378 e. The van der Waals surface area contributed by atoms with E-state index in [1.807, 2.05) is 31.2 Å². The van der Waals surface area contributed by atoms with Gasteiger partial charge in [0, 0.05) is 37.0 Å². The van der Waals surface area contributed by atoms with Crippen molar-refractivity contribution < 1.29 is 14.5 Å². The van der Waals surface area contributed by atoms with Crippen molar-refractivity contribution >= 4 is 23.0 Å². The zero-order valence-electron chi connectivity index (χ0n) is 15.1. The Balaban J connectivity index is 1.78. The maximum absolute atomic E-state index is 13.5. The van der Waals surface area contributed by atoms with Gasteiger partial charge in [0.15, 0.2) is 0 Å². The highest BCUT2D eigenvalue weighted by Crippen LogP contribution is 2.35. The van der Waals surface area contributed by atoms with Gasteiger partial charge in [-0.2, -0.15) is 0 Å². The first-order valence-corrected chi connectivity index (χ1v) is 9.09. The fourth-order valence-electron chi connectivity index (χ4n) is 3.89. The highest BCUT2D eigenvalue weighted by molar-refractivity contribution is 6.11. The maximum atomic E-state index is 13.5. The quantitative estimate of drug-likeness (QED) is 0.616. The Bertz CT molecular complexity index is 893. The number of carbonyl (C=O) groups excluding carboxylic acids is 1. The summed E-state index contributed by atoms with van der Waals surface area (Å²) in [5.41, 5.74) is 3.03. The zero-order chi connectivity index (χ0) is 19.0. The molecule has 2 aliphatic rings. The average Bonchev–Trinajstić information content (AvgIpc) is 3.03. The maximum Gasteiger partial charge on any atom is 0.270 e. The molecule has 0 N–H and O–H groups in total. The van der Waals surface area contributed by atoms with Crippen molar-refractivity contribution in [2.45, 2.75) is 19.4 Å². The zero-order valence-corrected chi connectivity index (χ0v) is 15.1. The summed E-state index contributed by atoms with van der Waals surface area (Å²) in [5.74, 6) is -0.197. The number of nitro groups is 1. The van der Waals surface area contributed by atoms with E-state index in [1.54, 1.807) is 11.0 Å². The standard InChI is InChI=1S/C20H21N3O4/c1-14-12-15-4-2-3-5-18(15)22(14)20(24)17-13-16(23(25)26)6-7-19(17)21-8-10-27-11-9-21/h2-7,13-14H,8-12H2,1H3. The molecule has 1 unspecified atom stereocenters. The first kappa shape index (κ1) is 17.5. The molecular formula is C20H21N3O4. The summed E-state index contributed by atoms with van der Waals surface area (Å²) in [5, 5.41) is 11.3. The monoisotopic (exact) mass is 367 g/mol. The van der Waals surface area contributed by atoms with Crippen molar-refractivity contribution in [2.75, 3.05) is 36.1 Å². The van der Waals surface area contributed by atoms with Gasteiger partial charge in [0.05, 0.1) is 29.4 Å². The molecule has 2 aromatic rings. The first-order chi connectivity index (χ1) is 13.1. The number of morpholine rings is 1. The highest BCUT2D eigenvalue weighted by atomic mass is 16.6. The summed E-state index contributed by atoms with van der Waals surface area (Å²) >= 11 is 0. The largest absolute Gasteiger partial charge is 0.378 e. The fraction of sp³-hybridized carbons (Fsp3) is 0.350. The molecule has 0 aliphatic carbocycles. The third kappa shape index (κ3) is 3.14. The van der Waals surface area contributed by atoms with E-state index < -0.39 is 4.92 Å². The summed E-state index contributed by atoms with van der Waals surface area (Å²) in [6, 6.07) is 12.4. The van der Waals surface area contributed by atoms with Gasteiger partial charge in [-0.1, -0.05) is 18.2 Å². The van der Waals surface area contributed by atoms with Gasteiger partial charge in [0.2, 0.25) is 0 Å². The smallest absolute Gasteiger partial charge is 0.270 e. The molecule has 4 rings (SSSR count). The summed E-state index contributed by atoms with van der Waals surface area (Å²) < 4.78 is 5.40. The molecule has 140 valence electrons. The third-order valence-electron chi connectivity index (χ3n) is 5.20. The number of rotatable bonds is 3. The number of fused-ring (bicyclic) bond motifs is 1. The van der Waals surface area contributed by atoms with Crippen LogP contribution in [0.15, 0.2) is 42.5 Å². The molecule has 0 bridgehead atoms. The SMILES string of the molecule is CC1Cc2ccccc2N1C(=O)c1cc([N+](=O)[O-])ccc1N1CCOCC1. The lowest BCUT2D eigenvalue weighted by Gasteiger charge is -2.31. The second-order valence-corrected chi connectivity index (χ2v) is 6.91. The van der Waals surface area contributed by atoms with Gasteiger partial charge in [0.25, 0.3) is 11.6 Å². The van der Waals surface area contributed by atoms with E-state index in [2.05, 4.69) is 4.90 Å². The van der Waals surface area contributed by atoms with Crippen molar-refractivity contribution in [3.05, 3.63) is 63.7 Å². The second kappa shape index (κ2) is 7.00. The summed E-state index contributed by atoms with van der Waals surface area (Å²) in [7, 11) is 0. The summed E-state index contributed by atoms with van der Waals surface area (Å²) in [6.45, 7) is 4.47. The second-order valence-electron chi connectivity index (χ2n) is 6.91.